The van der Waals surface area contributed by atoms with Crippen LogP contribution in [0.4, 0.5) is 0 Å². The fraction of sp³-hybridized carbons (Fsp3) is 0.404. The van der Waals surface area contributed by atoms with Gasteiger partial charge in [-0.2, -0.15) is 0 Å². The third-order valence-electron chi connectivity index (χ3n) is 12.8. The number of allylic oxidation sites excluding steroid dienone is 2. The third-order valence-corrected chi connectivity index (χ3v) is 64.7. The Morgan fingerprint density at radius 3 is 1.49 bits per heavy atom. The van der Waals surface area contributed by atoms with Crippen LogP contribution in [-0.4, -0.2) is 5.92 Å². The molecule has 0 bridgehead atoms. The van der Waals surface area contributed by atoms with Gasteiger partial charge in [-0.3, -0.25) is 0 Å². The average Bonchev–Trinajstić information content (AvgIpc) is 3.67. The van der Waals surface area contributed by atoms with Crippen LogP contribution >= 0.6 is 17.0 Å². The Hall–Kier alpha value is -1.96. The van der Waals surface area contributed by atoms with Crippen molar-refractivity contribution in [2.75, 3.05) is 0 Å². The van der Waals surface area contributed by atoms with E-state index in [0.717, 1.165) is 0 Å². The summed E-state index contributed by atoms with van der Waals surface area (Å²) in [6.07, 6.45) is 11.5. The molecule has 4 heteroatoms. The third kappa shape index (κ3) is 6.41. The fourth-order valence-corrected chi connectivity index (χ4v) is 41.7. The van der Waals surface area contributed by atoms with Gasteiger partial charge >= 0.3 is 320 Å². The van der Waals surface area contributed by atoms with Crippen LogP contribution in [0.15, 0.2) is 96.1 Å². The topological polar surface area (TPSA) is 0 Å². The van der Waals surface area contributed by atoms with Gasteiger partial charge < -0.3 is 0 Å². The summed E-state index contributed by atoms with van der Waals surface area (Å²) in [5, 5.41) is 0. The van der Waals surface area contributed by atoms with Gasteiger partial charge in [0.25, 0.3) is 0 Å². The van der Waals surface area contributed by atoms with Crippen molar-refractivity contribution < 1.29 is 15.6 Å². The Labute approximate surface area is 317 Å². The molecule has 0 heterocycles. The van der Waals surface area contributed by atoms with Crippen LogP contribution in [0, 0.1) is 5.92 Å². The van der Waals surface area contributed by atoms with E-state index in [1.165, 1.54) is 93.3 Å². The summed E-state index contributed by atoms with van der Waals surface area (Å²) in [5.74, 6) is -1.10. The summed E-state index contributed by atoms with van der Waals surface area (Å²) in [4.78, 5) is 0. The van der Waals surface area contributed by atoms with Crippen LogP contribution in [0.1, 0.15) is 121 Å². The number of rotatable bonds is 6. The van der Waals surface area contributed by atoms with Gasteiger partial charge in [-0.1, -0.05) is 0 Å². The van der Waals surface area contributed by atoms with Crippen molar-refractivity contribution in [2.45, 2.75) is 112 Å². The first-order chi connectivity index (χ1) is 24.0. The van der Waals surface area contributed by atoms with Crippen molar-refractivity contribution in [3.8, 4) is 22.3 Å². The molecule has 3 aliphatic rings. The van der Waals surface area contributed by atoms with Crippen LogP contribution in [-0.2, 0) is 26.4 Å². The molecule has 0 spiro atoms. The number of hydrogen-bond donors (Lipinski definition) is 0. The van der Waals surface area contributed by atoms with Crippen molar-refractivity contribution in [2.24, 2.45) is 5.92 Å². The van der Waals surface area contributed by atoms with E-state index in [2.05, 4.69) is 159 Å². The molecule has 3 aliphatic carbocycles. The molecule has 4 aromatic carbocycles. The summed E-state index contributed by atoms with van der Waals surface area (Å²) in [6.45, 7) is 21.0. The van der Waals surface area contributed by atoms with Gasteiger partial charge in [-0.25, -0.2) is 0 Å². The van der Waals surface area contributed by atoms with E-state index in [1.54, 1.807) is 5.57 Å². The van der Waals surface area contributed by atoms with Crippen molar-refractivity contribution >= 4 is 35.1 Å². The molecule has 0 N–H and O–H groups in total. The Balaban J connectivity index is 1.40. The molecular weight excluding hydrogens is 755 g/mol. The Kier molecular flexibility index (Phi) is 9.82. The second kappa shape index (κ2) is 13.4. The second-order valence-electron chi connectivity index (χ2n) is 18.4. The maximum absolute atomic E-state index is 8.80. The predicted molar refractivity (Wildman–Crippen MR) is 225 cm³/mol. The average molecular weight is 812 g/mol. The number of benzene rings is 4. The molecule has 0 aliphatic heterocycles. The van der Waals surface area contributed by atoms with Crippen molar-refractivity contribution in [1.29, 1.82) is 0 Å². The van der Waals surface area contributed by atoms with Gasteiger partial charge in [-0.05, 0) is 0 Å². The van der Waals surface area contributed by atoms with Crippen LogP contribution in [0.2, 0.25) is 13.1 Å². The maximum atomic E-state index is 8.80. The van der Waals surface area contributed by atoms with Crippen molar-refractivity contribution in [3.63, 3.8) is 0 Å². The van der Waals surface area contributed by atoms with Crippen LogP contribution in [0.3, 0.4) is 0 Å². The quantitative estimate of drug-likeness (QED) is 0.170. The fourth-order valence-electron chi connectivity index (χ4n) is 9.75. The monoisotopic (exact) mass is 809 g/mol. The Morgan fingerprint density at radius 1 is 0.588 bits per heavy atom. The predicted octanol–water partition coefficient (Wildman–Crippen LogP) is 14.8. The molecule has 1 fully saturated rings. The molecular formula is C47H57Cl2SiZr. The molecule has 4 aromatic rings. The van der Waals surface area contributed by atoms with E-state index in [-0.39, 0.29) is 18.1 Å². The van der Waals surface area contributed by atoms with E-state index >= 15 is 0 Å². The van der Waals surface area contributed by atoms with Crippen molar-refractivity contribution in [3.05, 3.63) is 129 Å². The Bertz CT molecular complexity index is 2010. The van der Waals surface area contributed by atoms with Crippen molar-refractivity contribution in [1.82, 2.24) is 0 Å². The first kappa shape index (κ1) is 37.4. The summed E-state index contributed by atoms with van der Waals surface area (Å²) in [6, 6.07) is 32.5. The molecule has 267 valence electrons. The zero-order valence-corrected chi connectivity index (χ0v) is 37.5. The first-order valence-corrected chi connectivity index (χ1v) is 35.8. The Morgan fingerprint density at radius 2 is 1.04 bits per heavy atom. The SMILES string of the molecule is CC1=Cc2c(-c3ccc(C(C)(C)C)cc3)cccc2[CH]1[Zr]([Cl])([Cl])([CH]1C(C2CCCCC2)=Cc2c(-c3ccc(C(C)(C)C)cc3)cccc21)[SiH](C)C. The van der Waals surface area contributed by atoms with Crippen LogP contribution in [0.25, 0.3) is 34.4 Å². The summed E-state index contributed by atoms with van der Waals surface area (Å²) in [7, 11) is 17.6. The summed E-state index contributed by atoms with van der Waals surface area (Å²) >= 11 is -4.86. The minimum atomic E-state index is -4.86. The van der Waals surface area contributed by atoms with Crippen LogP contribution in [0.5, 0.6) is 0 Å². The van der Waals surface area contributed by atoms with Gasteiger partial charge in [0.15, 0.2) is 0 Å². The number of hydrogen-bond acceptors (Lipinski definition) is 0. The molecule has 51 heavy (non-hydrogen) atoms. The molecule has 0 aromatic heterocycles. The van der Waals surface area contributed by atoms with E-state index < -0.39 is 21.5 Å². The minimum absolute atomic E-state index is 0.0999. The standard InChI is InChI=1S/C25H29.C20H21.C2H7Si.2ClH.Zr/c1-25(2,3)22-14-12-19(13-15-22)23-11-7-10-20-16-21(17-24(20)23)18-8-5-4-6-9-18;1-14-12-16-6-5-7-18(19(16)13-14)15-8-10-17(11-9-15)20(2,3)4;1-3-2;;;/h7,10-18H,4-6,8-9H2,1-3H3;5-13H,1-4H3;3H,1-2H3;2*1H;/q;;;;;+2/p-2. The van der Waals surface area contributed by atoms with Gasteiger partial charge in [0, 0.05) is 0 Å². The second-order valence-corrected chi connectivity index (χ2v) is 60.9. The molecule has 7 rings (SSSR count). The van der Waals surface area contributed by atoms with E-state index in [4.69, 9.17) is 17.0 Å². The number of halogens is 2. The first-order valence-electron chi connectivity index (χ1n) is 19.4. The van der Waals surface area contributed by atoms with E-state index in [0.29, 0.717) is 5.92 Å². The van der Waals surface area contributed by atoms with Gasteiger partial charge in [0.2, 0.25) is 0 Å². The van der Waals surface area contributed by atoms with E-state index in [1.807, 2.05) is 0 Å². The molecule has 0 radical (unpaired) electrons. The normalized spacial score (nSPS) is 20.4. The summed E-state index contributed by atoms with van der Waals surface area (Å²) < 4.78 is 0.227. The molecule has 1 saturated carbocycles. The molecule has 0 amide bonds. The zero-order valence-electron chi connectivity index (χ0n) is 32.3. The molecule has 2 unspecified atom stereocenters. The van der Waals surface area contributed by atoms with E-state index in [9.17, 15) is 0 Å². The summed E-state index contributed by atoms with van der Waals surface area (Å²) in [5.41, 5.74) is 16.5. The molecule has 0 saturated heterocycles. The van der Waals surface area contributed by atoms with Gasteiger partial charge in [-0.15, -0.1) is 0 Å². The van der Waals surface area contributed by atoms with Gasteiger partial charge in [0.1, 0.15) is 0 Å². The van der Waals surface area contributed by atoms with Crippen LogP contribution < -0.4 is 0 Å². The molecule has 2 atom stereocenters. The number of fused-ring (bicyclic) bond motifs is 2. The molecule has 0 nitrogen and oxygen atoms in total. The zero-order chi connectivity index (χ0) is 36.5. The van der Waals surface area contributed by atoms with Gasteiger partial charge in [0.05, 0.1) is 0 Å².